The molecular formula is C31H37N3O5S. The monoisotopic (exact) mass is 563 g/mol. The predicted molar refractivity (Wildman–Crippen MR) is 156 cm³/mol. The van der Waals surface area contributed by atoms with Gasteiger partial charge in [-0.05, 0) is 63.6 Å². The molecule has 8 nitrogen and oxygen atoms in total. The Morgan fingerprint density at radius 3 is 2.60 bits per heavy atom. The van der Waals surface area contributed by atoms with Crippen molar-refractivity contribution in [2.24, 2.45) is 0 Å². The van der Waals surface area contributed by atoms with Gasteiger partial charge in [0.1, 0.15) is 5.00 Å². The molecule has 1 aliphatic heterocycles. The summed E-state index contributed by atoms with van der Waals surface area (Å²) in [7, 11) is 0. The summed E-state index contributed by atoms with van der Waals surface area (Å²) in [4.78, 5) is 48.5. The lowest BCUT2D eigenvalue weighted by Crippen LogP contribution is -2.35. The Hall–Kier alpha value is -3.30. The predicted octanol–water partition coefficient (Wildman–Crippen LogP) is 5.69. The molecular weight excluding hydrogens is 526 g/mol. The lowest BCUT2D eigenvalue weighted by atomic mass is 9.95. The average molecular weight is 564 g/mol. The van der Waals surface area contributed by atoms with E-state index in [0.29, 0.717) is 29.1 Å². The zero-order chi connectivity index (χ0) is 28.2. The number of esters is 2. The third-order valence-electron chi connectivity index (χ3n) is 7.67. The zero-order valence-electron chi connectivity index (χ0n) is 23.5. The number of carbonyl (C=O) groups is 3. The number of hydrogen-bond acceptors (Lipinski definition) is 8. The summed E-state index contributed by atoms with van der Waals surface area (Å²) < 4.78 is 11.3. The molecule has 0 saturated carbocycles. The van der Waals surface area contributed by atoms with Crippen molar-refractivity contribution in [1.29, 1.82) is 0 Å². The molecule has 0 radical (unpaired) electrons. The van der Waals surface area contributed by atoms with Gasteiger partial charge in [0, 0.05) is 41.0 Å². The Labute approximate surface area is 239 Å². The van der Waals surface area contributed by atoms with Gasteiger partial charge in [0.15, 0.2) is 6.10 Å². The molecule has 1 aromatic carbocycles. The molecule has 0 spiro atoms. The van der Waals surface area contributed by atoms with E-state index in [0.717, 1.165) is 84.2 Å². The molecule has 1 N–H and O–H groups in total. The first-order valence-corrected chi connectivity index (χ1v) is 15.2. The SMILES string of the molecule is CCCN1CCc2nc3ccccc3c(C(=O)OC(CC)C(=O)Nc3sc4c(c3C(=O)OCC)CCCC4)c2C1. The van der Waals surface area contributed by atoms with Crippen LogP contribution in [0.3, 0.4) is 0 Å². The number of anilines is 1. The molecule has 3 heterocycles. The van der Waals surface area contributed by atoms with Crippen molar-refractivity contribution in [1.82, 2.24) is 9.88 Å². The van der Waals surface area contributed by atoms with Gasteiger partial charge in [-0.1, -0.05) is 32.0 Å². The molecule has 1 aliphatic carbocycles. The Bertz CT molecular complexity index is 1430. The number of para-hydroxylation sites is 1. The number of ether oxygens (including phenoxy) is 2. The van der Waals surface area contributed by atoms with Crippen LogP contribution in [-0.4, -0.2) is 53.5 Å². The Balaban J connectivity index is 1.43. The fourth-order valence-electron chi connectivity index (χ4n) is 5.76. The van der Waals surface area contributed by atoms with Crippen LogP contribution >= 0.6 is 11.3 Å². The van der Waals surface area contributed by atoms with Gasteiger partial charge in [-0.15, -0.1) is 11.3 Å². The van der Waals surface area contributed by atoms with Crippen LogP contribution in [0.25, 0.3) is 10.9 Å². The fourth-order valence-corrected chi connectivity index (χ4v) is 7.04. The van der Waals surface area contributed by atoms with Gasteiger partial charge in [-0.2, -0.15) is 0 Å². The van der Waals surface area contributed by atoms with Crippen LogP contribution < -0.4 is 5.32 Å². The quantitative estimate of drug-likeness (QED) is 0.334. The largest absolute Gasteiger partial charge is 0.462 e. The van der Waals surface area contributed by atoms with E-state index in [2.05, 4.69) is 17.1 Å². The van der Waals surface area contributed by atoms with Gasteiger partial charge in [0.05, 0.1) is 23.3 Å². The van der Waals surface area contributed by atoms with Crippen molar-refractivity contribution in [3.8, 4) is 0 Å². The summed E-state index contributed by atoms with van der Waals surface area (Å²) >= 11 is 1.43. The first kappa shape index (κ1) is 28.2. The normalized spacial score (nSPS) is 15.7. The van der Waals surface area contributed by atoms with Crippen molar-refractivity contribution < 1.29 is 23.9 Å². The summed E-state index contributed by atoms with van der Waals surface area (Å²) in [5.41, 5.74) is 4.46. The maximum atomic E-state index is 13.8. The highest BCUT2D eigenvalue weighted by Gasteiger charge is 2.32. The lowest BCUT2D eigenvalue weighted by molar-refractivity contribution is -0.124. The minimum Gasteiger partial charge on any atom is -0.462 e. The van der Waals surface area contributed by atoms with Gasteiger partial charge in [-0.3, -0.25) is 14.7 Å². The fraction of sp³-hybridized carbons (Fsp3) is 0.484. The van der Waals surface area contributed by atoms with E-state index in [4.69, 9.17) is 14.5 Å². The number of aryl methyl sites for hydroxylation is 1. The van der Waals surface area contributed by atoms with E-state index < -0.39 is 23.9 Å². The van der Waals surface area contributed by atoms with E-state index in [1.807, 2.05) is 31.2 Å². The van der Waals surface area contributed by atoms with E-state index in [1.165, 1.54) is 11.3 Å². The lowest BCUT2D eigenvalue weighted by Gasteiger charge is -2.30. The number of nitrogens with one attached hydrogen (secondary N) is 1. The summed E-state index contributed by atoms with van der Waals surface area (Å²) in [6.07, 6.45) is 4.79. The highest BCUT2D eigenvalue weighted by Crippen LogP contribution is 2.39. The second-order valence-electron chi connectivity index (χ2n) is 10.4. The number of carbonyl (C=O) groups excluding carboxylic acids is 3. The summed E-state index contributed by atoms with van der Waals surface area (Å²) in [5.74, 6) is -1.39. The maximum absolute atomic E-state index is 13.8. The van der Waals surface area contributed by atoms with Gasteiger partial charge in [0.2, 0.25) is 0 Å². The maximum Gasteiger partial charge on any atom is 0.341 e. The van der Waals surface area contributed by atoms with Crippen molar-refractivity contribution in [3.63, 3.8) is 0 Å². The van der Waals surface area contributed by atoms with E-state index in [9.17, 15) is 14.4 Å². The highest BCUT2D eigenvalue weighted by atomic mass is 32.1. The number of amides is 1. The molecule has 212 valence electrons. The number of hydrogen-bond donors (Lipinski definition) is 1. The number of fused-ring (bicyclic) bond motifs is 3. The second-order valence-corrected chi connectivity index (χ2v) is 11.5. The molecule has 2 aromatic heterocycles. The van der Waals surface area contributed by atoms with Crippen LogP contribution in [0.2, 0.25) is 0 Å². The van der Waals surface area contributed by atoms with Crippen molar-refractivity contribution in [3.05, 3.63) is 57.1 Å². The highest BCUT2D eigenvalue weighted by molar-refractivity contribution is 7.17. The Morgan fingerprint density at radius 2 is 1.82 bits per heavy atom. The first-order chi connectivity index (χ1) is 19.4. The molecule has 1 atom stereocenters. The van der Waals surface area contributed by atoms with Crippen LogP contribution in [0.1, 0.15) is 88.9 Å². The number of benzene rings is 1. The molecule has 3 aromatic rings. The van der Waals surface area contributed by atoms with Crippen LogP contribution in [0.15, 0.2) is 24.3 Å². The molecule has 1 amide bonds. The summed E-state index contributed by atoms with van der Waals surface area (Å²) in [6, 6.07) is 7.59. The summed E-state index contributed by atoms with van der Waals surface area (Å²) in [5, 5.41) is 4.13. The number of thiophene rings is 1. The Morgan fingerprint density at radius 1 is 1.02 bits per heavy atom. The number of aromatic nitrogens is 1. The third kappa shape index (κ3) is 5.63. The van der Waals surface area contributed by atoms with Crippen LogP contribution in [0.4, 0.5) is 5.00 Å². The van der Waals surface area contributed by atoms with Crippen LogP contribution in [-0.2, 0) is 40.1 Å². The van der Waals surface area contributed by atoms with Crippen molar-refractivity contribution >= 4 is 45.1 Å². The Kier molecular flexibility index (Phi) is 8.81. The first-order valence-electron chi connectivity index (χ1n) is 14.4. The smallest absolute Gasteiger partial charge is 0.341 e. The summed E-state index contributed by atoms with van der Waals surface area (Å²) in [6.45, 7) is 8.44. The topological polar surface area (TPSA) is 97.8 Å². The number of nitrogens with zero attached hydrogens (tertiary/aromatic N) is 2. The average Bonchev–Trinajstić information content (AvgIpc) is 3.32. The van der Waals surface area contributed by atoms with Gasteiger partial charge < -0.3 is 14.8 Å². The van der Waals surface area contributed by atoms with Crippen molar-refractivity contribution in [2.75, 3.05) is 25.0 Å². The zero-order valence-corrected chi connectivity index (χ0v) is 24.3. The second kappa shape index (κ2) is 12.5. The molecule has 0 bridgehead atoms. The van der Waals surface area contributed by atoms with E-state index in [-0.39, 0.29) is 6.61 Å². The molecule has 9 heteroatoms. The molecule has 2 aliphatic rings. The molecule has 40 heavy (non-hydrogen) atoms. The third-order valence-corrected chi connectivity index (χ3v) is 8.88. The standard InChI is InChI=1S/C31H37N3O5S/c1-4-16-34-17-15-23-21(18-34)26(19-11-7-9-13-22(19)32-23)31(37)39-24(5-2)28(35)33-29-27(30(36)38-6-3)20-12-8-10-14-25(20)40-29/h7,9,11,13,24H,4-6,8,10,12,14-18H2,1-3H3,(H,33,35). The number of rotatable bonds is 9. The van der Waals surface area contributed by atoms with E-state index >= 15 is 0 Å². The molecule has 5 rings (SSSR count). The minimum atomic E-state index is -1.01. The molecule has 1 unspecified atom stereocenters. The molecule has 0 fully saturated rings. The van der Waals surface area contributed by atoms with Gasteiger partial charge in [-0.25, -0.2) is 9.59 Å². The molecule has 0 saturated heterocycles. The minimum absolute atomic E-state index is 0.256. The van der Waals surface area contributed by atoms with Crippen LogP contribution in [0.5, 0.6) is 0 Å². The van der Waals surface area contributed by atoms with Gasteiger partial charge >= 0.3 is 11.9 Å². The number of pyridine rings is 1. The van der Waals surface area contributed by atoms with Gasteiger partial charge in [0.25, 0.3) is 5.91 Å². The van der Waals surface area contributed by atoms with E-state index in [1.54, 1.807) is 6.92 Å². The van der Waals surface area contributed by atoms with Crippen LogP contribution in [0, 0.1) is 0 Å². The van der Waals surface area contributed by atoms with Crippen molar-refractivity contribution in [2.45, 2.75) is 78.4 Å².